The van der Waals surface area contributed by atoms with Crippen LogP contribution in [0.4, 0.5) is 0 Å². The van der Waals surface area contributed by atoms with Crippen LogP contribution in [-0.4, -0.2) is 52.5 Å². The maximum atomic E-state index is 12.9. The second-order valence-electron chi connectivity index (χ2n) is 7.80. The Balaban J connectivity index is 1.40. The zero-order chi connectivity index (χ0) is 22.1. The fourth-order valence-electron chi connectivity index (χ4n) is 3.45. The molecule has 8 nitrogen and oxygen atoms in total. The molecule has 0 atom stereocenters. The Labute approximate surface area is 181 Å². The first-order chi connectivity index (χ1) is 14.7. The van der Waals surface area contributed by atoms with Crippen LogP contribution < -0.4 is 4.72 Å². The Morgan fingerprint density at radius 3 is 2.39 bits per heavy atom. The van der Waals surface area contributed by atoms with Crippen molar-refractivity contribution in [1.29, 1.82) is 0 Å². The topological polar surface area (TPSA) is 114 Å². The molecule has 1 saturated carbocycles. The number of benzene rings is 1. The second kappa shape index (κ2) is 8.60. The normalized spacial score (nSPS) is 17.8. The molecule has 1 aromatic heterocycles. The molecule has 10 heteroatoms. The highest BCUT2D eigenvalue weighted by atomic mass is 32.2. The fourth-order valence-corrected chi connectivity index (χ4v) is 6.22. The van der Waals surface area contributed by atoms with Gasteiger partial charge in [-0.15, -0.1) is 0 Å². The molecule has 1 aliphatic carbocycles. The third-order valence-corrected chi connectivity index (χ3v) is 8.60. The van der Waals surface area contributed by atoms with Crippen molar-refractivity contribution in [2.24, 2.45) is 0 Å². The van der Waals surface area contributed by atoms with Crippen LogP contribution in [0, 0.1) is 0 Å². The molecular formula is C21H24N2O6S2. The molecule has 0 unspecified atom stereocenters. The summed E-state index contributed by atoms with van der Waals surface area (Å²) in [7, 11) is -7.26. The molecule has 31 heavy (non-hydrogen) atoms. The molecule has 2 aromatic rings. The van der Waals surface area contributed by atoms with Crippen molar-refractivity contribution in [2.75, 3.05) is 18.8 Å². The number of carbonyl (C=O) groups is 1. The van der Waals surface area contributed by atoms with Gasteiger partial charge >= 0.3 is 0 Å². The molecule has 1 amide bonds. The van der Waals surface area contributed by atoms with Crippen LogP contribution in [0.15, 0.2) is 68.5 Å². The number of furan rings is 1. The van der Waals surface area contributed by atoms with Crippen LogP contribution in [-0.2, 0) is 19.9 Å². The summed E-state index contributed by atoms with van der Waals surface area (Å²) in [5.74, 6) is -0.108. The summed E-state index contributed by atoms with van der Waals surface area (Å²) < 4.78 is 58.0. The minimum Gasteiger partial charge on any atom is -0.459 e. The Hall–Kier alpha value is -2.43. The Morgan fingerprint density at radius 2 is 1.74 bits per heavy atom. The van der Waals surface area contributed by atoms with Gasteiger partial charge in [0.15, 0.2) is 15.6 Å². The number of hydrogen-bond acceptors (Lipinski definition) is 6. The van der Waals surface area contributed by atoms with Gasteiger partial charge in [-0.3, -0.25) is 4.79 Å². The maximum Gasteiger partial charge on any atom is 0.289 e. The summed E-state index contributed by atoms with van der Waals surface area (Å²) in [6.45, 7) is 0.897. The van der Waals surface area contributed by atoms with Crippen molar-refractivity contribution in [1.82, 2.24) is 9.62 Å². The summed E-state index contributed by atoms with van der Waals surface area (Å²) >= 11 is 0. The van der Waals surface area contributed by atoms with Gasteiger partial charge in [-0.2, -0.15) is 0 Å². The zero-order valence-electron chi connectivity index (χ0n) is 16.9. The number of amides is 1. The van der Waals surface area contributed by atoms with E-state index in [-0.39, 0.29) is 33.3 Å². The lowest BCUT2D eigenvalue weighted by molar-refractivity contribution is 0.0731. The second-order valence-corrected chi connectivity index (χ2v) is 11.5. The van der Waals surface area contributed by atoms with Crippen LogP contribution in [0.25, 0.3) is 0 Å². The van der Waals surface area contributed by atoms with Gasteiger partial charge < -0.3 is 9.32 Å². The Bertz CT molecular complexity index is 1180. The van der Waals surface area contributed by atoms with E-state index in [2.05, 4.69) is 4.72 Å². The van der Waals surface area contributed by atoms with Crippen LogP contribution in [0.5, 0.6) is 0 Å². The van der Waals surface area contributed by atoms with Gasteiger partial charge in [0.05, 0.1) is 21.8 Å². The quantitative estimate of drug-likeness (QED) is 0.629. The van der Waals surface area contributed by atoms with E-state index in [9.17, 15) is 21.6 Å². The highest BCUT2D eigenvalue weighted by Gasteiger charge is 2.28. The number of sulfone groups is 1. The van der Waals surface area contributed by atoms with Gasteiger partial charge in [-0.1, -0.05) is 11.6 Å². The Kier molecular flexibility index (Phi) is 6.05. The van der Waals surface area contributed by atoms with E-state index in [1.54, 1.807) is 17.0 Å². The predicted molar refractivity (Wildman–Crippen MR) is 114 cm³/mol. The first-order valence-corrected chi connectivity index (χ1v) is 13.2. The molecule has 1 N–H and O–H groups in total. The number of nitrogens with one attached hydrogen (secondary N) is 1. The van der Waals surface area contributed by atoms with Crippen LogP contribution >= 0.6 is 0 Å². The lowest BCUT2D eigenvalue weighted by Gasteiger charge is -2.19. The highest BCUT2D eigenvalue weighted by molar-refractivity contribution is 7.91. The van der Waals surface area contributed by atoms with E-state index < -0.39 is 19.9 Å². The van der Waals surface area contributed by atoms with Crippen molar-refractivity contribution in [3.63, 3.8) is 0 Å². The minimum absolute atomic E-state index is 0.0187. The number of rotatable bonds is 7. The van der Waals surface area contributed by atoms with Crippen molar-refractivity contribution >= 4 is 25.8 Å². The standard InChI is InChI=1S/C21H24N2O6S2/c24-21(20-4-2-14-29-20)23-12-1-3-16(11-13-23)15-30(25,26)18-7-9-19(10-8-18)31(27,28)22-17-5-6-17/h2-4,7-10,14,17,22H,1,5-6,11-13,15H2. The van der Waals surface area contributed by atoms with Gasteiger partial charge in [0.2, 0.25) is 10.0 Å². The van der Waals surface area contributed by atoms with E-state index in [1.165, 1.54) is 30.5 Å². The first-order valence-electron chi connectivity index (χ1n) is 10.1. The van der Waals surface area contributed by atoms with Crippen LogP contribution in [0.3, 0.4) is 0 Å². The fraction of sp³-hybridized carbons (Fsp3) is 0.381. The molecule has 1 aromatic carbocycles. The highest BCUT2D eigenvalue weighted by Crippen LogP contribution is 2.24. The number of sulfonamides is 1. The number of nitrogens with zero attached hydrogens (tertiary/aromatic N) is 1. The molecule has 0 saturated heterocycles. The van der Waals surface area contributed by atoms with E-state index >= 15 is 0 Å². The van der Waals surface area contributed by atoms with Crippen LogP contribution in [0.1, 0.15) is 36.2 Å². The zero-order valence-corrected chi connectivity index (χ0v) is 18.5. The lowest BCUT2D eigenvalue weighted by Crippen LogP contribution is -2.31. The van der Waals surface area contributed by atoms with E-state index in [0.29, 0.717) is 25.9 Å². The molecule has 1 fully saturated rings. The summed E-state index contributed by atoms with van der Waals surface area (Å²) in [5, 5.41) is 0. The third kappa shape index (κ3) is 5.25. The lowest BCUT2D eigenvalue weighted by atomic mass is 10.2. The first kappa shape index (κ1) is 21.8. The molecule has 0 spiro atoms. The molecular weight excluding hydrogens is 440 g/mol. The van der Waals surface area contributed by atoms with Crippen molar-refractivity contribution < 1.29 is 26.0 Å². The summed E-state index contributed by atoms with van der Waals surface area (Å²) in [5.41, 5.74) is 0.738. The summed E-state index contributed by atoms with van der Waals surface area (Å²) in [6, 6.07) is 8.55. The largest absolute Gasteiger partial charge is 0.459 e. The summed E-state index contributed by atoms with van der Waals surface area (Å²) in [4.78, 5) is 14.2. The van der Waals surface area contributed by atoms with E-state index in [1.807, 2.05) is 6.08 Å². The number of carbonyl (C=O) groups excluding carboxylic acids is 1. The molecule has 0 radical (unpaired) electrons. The van der Waals surface area contributed by atoms with Crippen molar-refractivity contribution in [3.05, 3.63) is 60.1 Å². The smallest absolute Gasteiger partial charge is 0.289 e. The predicted octanol–water partition coefficient (Wildman–Crippen LogP) is 2.36. The monoisotopic (exact) mass is 464 g/mol. The average Bonchev–Trinajstić information content (AvgIpc) is 3.42. The van der Waals surface area contributed by atoms with Crippen LogP contribution in [0.2, 0.25) is 0 Å². The Morgan fingerprint density at radius 1 is 1.03 bits per heavy atom. The minimum atomic E-state index is -3.64. The SMILES string of the molecule is O=C(c1ccco1)N1CCC=C(CS(=O)(=O)c2ccc(S(=O)(=O)NC3CC3)cc2)CC1. The molecule has 2 aliphatic rings. The van der Waals surface area contributed by atoms with Gasteiger partial charge in [-0.25, -0.2) is 21.6 Å². The third-order valence-electron chi connectivity index (χ3n) is 5.32. The molecule has 2 heterocycles. The van der Waals surface area contributed by atoms with Crippen molar-refractivity contribution in [2.45, 2.75) is 41.5 Å². The van der Waals surface area contributed by atoms with E-state index in [4.69, 9.17) is 4.42 Å². The molecule has 4 rings (SSSR count). The number of hydrogen-bond donors (Lipinski definition) is 1. The average molecular weight is 465 g/mol. The van der Waals surface area contributed by atoms with Gasteiger partial charge in [0.25, 0.3) is 5.91 Å². The molecule has 166 valence electrons. The van der Waals surface area contributed by atoms with Gasteiger partial charge in [-0.05, 0) is 62.1 Å². The molecule has 1 aliphatic heterocycles. The maximum absolute atomic E-state index is 12.9. The van der Waals surface area contributed by atoms with Gasteiger partial charge in [0, 0.05) is 19.1 Å². The van der Waals surface area contributed by atoms with Gasteiger partial charge in [0.1, 0.15) is 0 Å². The van der Waals surface area contributed by atoms with E-state index in [0.717, 1.165) is 18.4 Å². The van der Waals surface area contributed by atoms with Crippen molar-refractivity contribution in [3.8, 4) is 0 Å². The molecule has 0 bridgehead atoms. The summed E-state index contributed by atoms with van der Waals surface area (Å²) in [6.07, 6.45) is 5.96.